The lowest BCUT2D eigenvalue weighted by Crippen LogP contribution is -2.41. The molecule has 1 aromatic carbocycles. The van der Waals surface area contributed by atoms with Crippen molar-refractivity contribution in [2.24, 2.45) is 5.92 Å². The molecule has 1 heterocycles. The highest BCUT2D eigenvalue weighted by atomic mass is 32.2. The van der Waals surface area contributed by atoms with Crippen LogP contribution in [0.15, 0.2) is 24.3 Å². The summed E-state index contributed by atoms with van der Waals surface area (Å²) in [6, 6.07) is 7.33. The molecule has 1 saturated heterocycles. The molecule has 0 spiro atoms. The molecule has 1 aliphatic rings. The van der Waals surface area contributed by atoms with Gasteiger partial charge in [0.15, 0.2) is 0 Å². The number of morpholine rings is 1. The van der Waals surface area contributed by atoms with Gasteiger partial charge in [-0.3, -0.25) is 4.79 Å². The van der Waals surface area contributed by atoms with Crippen LogP contribution in [-0.4, -0.2) is 58.5 Å². The van der Waals surface area contributed by atoms with E-state index in [-0.39, 0.29) is 17.6 Å². The van der Waals surface area contributed by atoms with Crippen LogP contribution in [0.5, 0.6) is 0 Å². The first-order valence-corrected chi connectivity index (χ1v) is 10.1. The Morgan fingerprint density at radius 1 is 1.24 bits per heavy atom. The third-order valence-corrected chi connectivity index (χ3v) is 6.06. The fourth-order valence-corrected chi connectivity index (χ4v) is 4.30. The summed E-state index contributed by atoms with van der Waals surface area (Å²) in [5, 5.41) is 5.85. The molecule has 1 aliphatic heterocycles. The maximum absolute atomic E-state index is 12.6. The average Bonchev–Trinajstić information content (AvgIpc) is 2.61. The number of amides is 1. The first-order valence-electron chi connectivity index (χ1n) is 8.48. The number of carbonyl (C=O) groups excluding carboxylic acids is 1. The Morgan fingerprint density at radius 2 is 1.88 bits per heavy atom. The molecule has 1 fully saturated rings. The Morgan fingerprint density at radius 3 is 2.52 bits per heavy atom. The van der Waals surface area contributed by atoms with Gasteiger partial charge in [0.05, 0.1) is 19.0 Å². The second-order valence-electron chi connectivity index (χ2n) is 6.21. The monoisotopic (exact) mass is 369 g/mol. The maximum Gasteiger partial charge on any atom is 0.224 e. The predicted octanol–water partition coefficient (Wildman–Crippen LogP) is 0.320. The van der Waals surface area contributed by atoms with Crippen LogP contribution in [0.25, 0.3) is 0 Å². The van der Waals surface area contributed by atoms with Crippen molar-refractivity contribution in [1.82, 2.24) is 14.9 Å². The Bertz CT molecular complexity index is 672. The zero-order valence-electron chi connectivity index (χ0n) is 14.8. The largest absolute Gasteiger partial charge is 0.379 e. The van der Waals surface area contributed by atoms with Crippen LogP contribution in [0.2, 0.25) is 0 Å². The molecule has 0 aromatic heterocycles. The number of nitrogens with zero attached hydrogens (tertiary/aromatic N) is 1. The van der Waals surface area contributed by atoms with Crippen molar-refractivity contribution in [2.75, 3.05) is 39.9 Å². The molecule has 0 aliphatic carbocycles. The molecule has 1 atom stereocenters. The Hall–Kier alpha value is -1.48. The quantitative estimate of drug-likeness (QED) is 0.689. The highest BCUT2D eigenvalue weighted by Crippen LogP contribution is 2.16. The fraction of sp³-hybridized carbons (Fsp3) is 0.588. The van der Waals surface area contributed by atoms with Gasteiger partial charge in [-0.1, -0.05) is 31.2 Å². The van der Waals surface area contributed by atoms with Gasteiger partial charge in [0.25, 0.3) is 0 Å². The average molecular weight is 369 g/mol. The summed E-state index contributed by atoms with van der Waals surface area (Å²) < 4.78 is 31.9. The van der Waals surface area contributed by atoms with Crippen molar-refractivity contribution in [3.8, 4) is 0 Å². The number of carbonyl (C=O) groups is 1. The van der Waals surface area contributed by atoms with E-state index in [2.05, 4.69) is 10.6 Å². The second kappa shape index (κ2) is 9.28. The number of hydrogen-bond acceptors (Lipinski definition) is 5. The van der Waals surface area contributed by atoms with Crippen LogP contribution in [0.4, 0.5) is 0 Å². The SMILES string of the molecule is CNCC(C)C(=O)NCc1ccccc1CS(=O)(=O)N1CCOCC1. The van der Waals surface area contributed by atoms with Gasteiger partial charge >= 0.3 is 0 Å². The van der Waals surface area contributed by atoms with E-state index in [0.717, 1.165) is 11.1 Å². The molecule has 1 unspecified atom stereocenters. The molecule has 2 N–H and O–H groups in total. The summed E-state index contributed by atoms with van der Waals surface area (Å²) in [6.07, 6.45) is 0. The number of benzene rings is 1. The fourth-order valence-electron chi connectivity index (χ4n) is 2.74. The van der Waals surface area contributed by atoms with Gasteiger partial charge in [-0.25, -0.2) is 8.42 Å². The molecule has 8 heteroatoms. The number of nitrogens with one attached hydrogen (secondary N) is 2. The van der Waals surface area contributed by atoms with Crippen molar-refractivity contribution < 1.29 is 17.9 Å². The van der Waals surface area contributed by atoms with E-state index < -0.39 is 10.0 Å². The van der Waals surface area contributed by atoms with Gasteiger partial charge in [-0.2, -0.15) is 4.31 Å². The summed E-state index contributed by atoms with van der Waals surface area (Å²) in [4.78, 5) is 12.1. The molecule has 25 heavy (non-hydrogen) atoms. The lowest BCUT2D eigenvalue weighted by Gasteiger charge is -2.26. The molecule has 1 aromatic rings. The van der Waals surface area contributed by atoms with Gasteiger partial charge in [-0.15, -0.1) is 0 Å². The highest BCUT2D eigenvalue weighted by molar-refractivity contribution is 7.88. The van der Waals surface area contributed by atoms with Gasteiger partial charge in [0.2, 0.25) is 15.9 Å². The minimum Gasteiger partial charge on any atom is -0.379 e. The van der Waals surface area contributed by atoms with E-state index in [1.54, 1.807) is 13.1 Å². The van der Waals surface area contributed by atoms with E-state index in [1.165, 1.54) is 4.31 Å². The van der Waals surface area contributed by atoms with Crippen LogP contribution >= 0.6 is 0 Å². The lowest BCUT2D eigenvalue weighted by atomic mass is 10.1. The minimum absolute atomic E-state index is 0.0554. The van der Waals surface area contributed by atoms with E-state index >= 15 is 0 Å². The number of hydrogen-bond donors (Lipinski definition) is 2. The molecular formula is C17H27N3O4S. The lowest BCUT2D eigenvalue weighted by molar-refractivity contribution is -0.124. The summed E-state index contributed by atoms with van der Waals surface area (Å²) in [6.45, 7) is 4.41. The van der Waals surface area contributed by atoms with Crippen LogP contribution in [0, 0.1) is 5.92 Å². The van der Waals surface area contributed by atoms with E-state index in [9.17, 15) is 13.2 Å². The topological polar surface area (TPSA) is 87.7 Å². The summed E-state index contributed by atoms with van der Waals surface area (Å²) >= 11 is 0. The van der Waals surface area contributed by atoms with Crippen LogP contribution in [-0.2, 0) is 31.9 Å². The molecule has 7 nitrogen and oxygen atoms in total. The third-order valence-electron chi connectivity index (χ3n) is 4.23. The third kappa shape index (κ3) is 5.78. The Balaban J connectivity index is 2.03. The zero-order valence-corrected chi connectivity index (χ0v) is 15.6. The summed E-state index contributed by atoms with van der Waals surface area (Å²) in [5.74, 6) is -0.264. The van der Waals surface area contributed by atoms with Crippen molar-refractivity contribution in [3.63, 3.8) is 0 Å². The normalized spacial score (nSPS) is 17.2. The molecule has 0 radical (unpaired) electrons. The Labute approximate surface area is 149 Å². The van der Waals surface area contributed by atoms with E-state index in [0.29, 0.717) is 39.4 Å². The number of rotatable bonds is 8. The highest BCUT2D eigenvalue weighted by Gasteiger charge is 2.25. The predicted molar refractivity (Wildman–Crippen MR) is 96.4 cm³/mol. The van der Waals surface area contributed by atoms with E-state index in [1.807, 2.05) is 25.1 Å². The molecule has 0 bridgehead atoms. The standard InChI is InChI=1S/C17H27N3O4S/c1-14(11-18-2)17(21)19-12-15-5-3-4-6-16(15)13-25(22,23)20-7-9-24-10-8-20/h3-6,14,18H,7-13H2,1-2H3,(H,19,21). The van der Waals surface area contributed by atoms with Gasteiger partial charge in [-0.05, 0) is 18.2 Å². The zero-order chi connectivity index (χ0) is 18.3. The molecule has 1 amide bonds. The van der Waals surface area contributed by atoms with Crippen molar-refractivity contribution in [3.05, 3.63) is 35.4 Å². The summed E-state index contributed by atoms with van der Waals surface area (Å²) in [7, 11) is -1.59. The summed E-state index contributed by atoms with van der Waals surface area (Å²) in [5.41, 5.74) is 1.54. The number of ether oxygens (including phenoxy) is 1. The van der Waals surface area contributed by atoms with Gasteiger partial charge in [0, 0.05) is 32.1 Å². The first kappa shape index (κ1) is 19.8. The number of sulfonamides is 1. The molecular weight excluding hydrogens is 342 g/mol. The first-order chi connectivity index (χ1) is 11.9. The van der Waals surface area contributed by atoms with Crippen molar-refractivity contribution >= 4 is 15.9 Å². The van der Waals surface area contributed by atoms with Gasteiger partial charge < -0.3 is 15.4 Å². The second-order valence-corrected chi connectivity index (χ2v) is 8.18. The maximum atomic E-state index is 12.6. The minimum atomic E-state index is -3.39. The van der Waals surface area contributed by atoms with Crippen LogP contribution < -0.4 is 10.6 Å². The molecule has 2 rings (SSSR count). The smallest absolute Gasteiger partial charge is 0.224 e. The van der Waals surface area contributed by atoms with E-state index in [4.69, 9.17) is 4.74 Å². The van der Waals surface area contributed by atoms with Crippen molar-refractivity contribution in [2.45, 2.75) is 19.2 Å². The molecule has 140 valence electrons. The van der Waals surface area contributed by atoms with Crippen LogP contribution in [0.1, 0.15) is 18.1 Å². The van der Waals surface area contributed by atoms with Gasteiger partial charge in [0.1, 0.15) is 0 Å². The van der Waals surface area contributed by atoms with Crippen LogP contribution in [0.3, 0.4) is 0 Å². The Kier molecular flexibility index (Phi) is 7.37. The van der Waals surface area contributed by atoms with Crippen molar-refractivity contribution in [1.29, 1.82) is 0 Å². The molecule has 0 saturated carbocycles.